The minimum Gasteiger partial charge on any atom is -0.388 e. The van der Waals surface area contributed by atoms with Gasteiger partial charge in [-0.1, -0.05) is 61.8 Å². The number of hydrogen-bond donors (Lipinski definition) is 1. The Kier molecular flexibility index (Phi) is 4.62. The minimum atomic E-state index is -0.504. The van der Waals surface area contributed by atoms with Crippen molar-refractivity contribution in [2.24, 2.45) is 5.92 Å². The molecule has 0 aliphatic heterocycles. The minimum absolute atomic E-state index is 0.437. The van der Waals surface area contributed by atoms with Crippen LogP contribution in [0.1, 0.15) is 31.9 Å². The molecule has 0 aliphatic carbocycles. The van der Waals surface area contributed by atoms with E-state index in [4.69, 9.17) is 11.6 Å². The highest BCUT2D eigenvalue weighted by Gasteiger charge is 2.14. The highest BCUT2D eigenvalue weighted by molar-refractivity contribution is 6.31. The molecule has 2 rings (SSSR count). The third-order valence-electron chi connectivity index (χ3n) is 3.16. The Balaban J connectivity index is 2.35. The van der Waals surface area contributed by atoms with E-state index in [2.05, 4.69) is 26.0 Å². The predicted octanol–water partition coefficient (Wildman–Crippen LogP) is 5.09. The van der Waals surface area contributed by atoms with E-state index in [9.17, 15) is 5.11 Å². The maximum absolute atomic E-state index is 10.3. The van der Waals surface area contributed by atoms with Crippen LogP contribution in [0.2, 0.25) is 5.02 Å². The summed E-state index contributed by atoms with van der Waals surface area (Å²) in [5.74, 6) is 0.437. The summed E-state index contributed by atoms with van der Waals surface area (Å²) in [5.41, 5.74) is 3.04. The molecule has 100 valence electrons. The normalized spacial score (nSPS) is 12.7. The summed E-state index contributed by atoms with van der Waals surface area (Å²) < 4.78 is 0. The van der Waals surface area contributed by atoms with Crippen molar-refractivity contribution >= 4 is 11.6 Å². The van der Waals surface area contributed by atoms with Crippen LogP contribution in [-0.2, 0) is 0 Å². The smallest absolute Gasteiger partial charge is 0.0807 e. The monoisotopic (exact) mass is 274 g/mol. The van der Waals surface area contributed by atoms with Crippen LogP contribution in [0.4, 0.5) is 0 Å². The van der Waals surface area contributed by atoms with Crippen molar-refractivity contribution in [1.29, 1.82) is 0 Å². The Morgan fingerprint density at radius 1 is 1.00 bits per heavy atom. The van der Waals surface area contributed by atoms with E-state index < -0.39 is 6.10 Å². The van der Waals surface area contributed by atoms with Crippen LogP contribution >= 0.6 is 11.6 Å². The first kappa shape index (κ1) is 14.1. The molecule has 0 bridgehead atoms. The number of benzene rings is 2. The lowest BCUT2D eigenvalue weighted by Gasteiger charge is -2.16. The lowest BCUT2D eigenvalue weighted by atomic mass is 9.96. The van der Waals surface area contributed by atoms with Gasteiger partial charge >= 0.3 is 0 Å². The maximum atomic E-state index is 10.3. The zero-order valence-corrected chi connectivity index (χ0v) is 12.1. The van der Waals surface area contributed by atoms with Gasteiger partial charge in [-0.05, 0) is 41.2 Å². The molecule has 1 unspecified atom stereocenters. The third-order valence-corrected chi connectivity index (χ3v) is 3.50. The Hall–Kier alpha value is -1.31. The van der Waals surface area contributed by atoms with Crippen LogP contribution in [0.5, 0.6) is 0 Å². The van der Waals surface area contributed by atoms with E-state index in [1.165, 1.54) is 0 Å². The molecule has 1 nitrogen and oxygen atoms in total. The van der Waals surface area contributed by atoms with Gasteiger partial charge in [0.05, 0.1) is 6.10 Å². The van der Waals surface area contributed by atoms with Crippen molar-refractivity contribution in [1.82, 2.24) is 0 Å². The molecule has 0 aliphatic rings. The Morgan fingerprint density at radius 3 is 2.32 bits per heavy atom. The highest BCUT2D eigenvalue weighted by Crippen LogP contribution is 2.31. The lowest BCUT2D eigenvalue weighted by molar-refractivity contribution is 0.151. The molecule has 2 aromatic carbocycles. The number of halogens is 1. The Morgan fingerprint density at radius 2 is 1.68 bits per heavy atom. The topological polar surface area (TPSA) is 20.2 Å². The van der Waals surface area contributed by atoms with Gasteiger partial charge in [0.25, 0.3) is 0 Å². The molecular formula is C17H19ClO. The number of aliphatic hydroxyl groups is 1. The van der Waals surface area contributed by atoms with Crippen molar-refractivity contribution in [3.8, 4) is 11.1 Å². The fourth-order valence-electron chi connectivity index (χ4n) is 2.18. The van der Waals surface area contributed by atoms with Gasteiger partial charge in [0.15, 0.2) is 0 Å². The summed E-state index contributed by atoms with van der Waals surface area (Å²) in [5, 5.41) is 10.9. The molecule has 0 spiro atoms. The SMILES string of the molecule is CC(C)CC(O)c1cc(-c2ccccc2)ccc1Cl. The fourth-order valence-corrected chi connectivity index (χ4v) is 2.43. The number of aliphatic hydroxyl groups excluding tert-OH is 1. The lowest BCUT2D eigenvalue weighted by Crippen LogP contribution is -2.03. The fraction of sp³-hybridized carbons (Fsp3) is 0.294. The standard InChI is InChI=1S/C17H19ClO/c1-12(2)10-17(19)15-11-14(8-9-16(15)18)13-6-4-3-5-7-13/h3-9,11-12,17,19H,10H2,1-2H3. The molecule has 0 heterocycles. The molecule has 0 saturated heterocycles. The number of rotatable bonds is 4. The van der Waals surface area contributed by atoms with E-state index >= 15 is 0 Å². The summed E-state index contributed by atoms with van der Waals surface area (Å²) in [6, 6.07) is 16.0. The molecule has 0 aromatic heterocycles. The highest BCUT2D eigenvalue weighted by atomic mass is 35.5. The molecule has 2 aromatic rings. The maximum Gasteiger partial charge on any atom is 0.0807 e. The van der Waals surface area contributed by atoms with E-state index in [1.807, 2.05) is 36.4 Å². The van der Waals surface area contributed by atoms with E-state index in [-0.39, 0.29) is 0 Å². The van der Waals surface area contributed by atoms with Crippen molar-refractivity contribution in [3.05, 3.63) is 59.1 Å². The molecule has 1 N–H and O–H groups in total. The molecule has 0 saturated carbocycles. The average Bonchev–Trinajstić information content (AvgIpc) is 2.39. The van der Waals surface area contributed by atoms with Crippen LogP contribution in [0.3, 0.4) is 0 Å². The van der Waals surface area contributed by atoms with Gasteiger partial charge in [-0.25, -0.2) is 0 Å². The molecule has 2 heteroatoms. The van der Waals surface area contributed by atoms with Gasteiger partial charge in [0, 0.05) is 5.02 Å². The van der Waals surface area contributed by atoms with Crippen LogP contribution in [-0.4, -0.2) is 5.11 Å². The summed E-state index contributed by atoms with van der Waals surface area (Å²) in [6.45, 7) is 4.19. The Labute approximate surface area is 119 Å². The molecule has 19 heavy (non-hydrogen) atoms. The predicted molar refractivity (Wildman–Crippen MR) is 81.3 cm³/mol. The molecular weight excluding hydrogens is 256 g/mol. The Bertz CT molecular complexity index is 534. The van der Waals surface area contributed by atoms with Crippen molar-refractivity contribution in [3.63, 3.8) is 0 Å². The quantitative estimate of drug-likeness (QED) is 0.824. The van der Waals surface area contributed by atoms with E-state index in [0.29, 0.717) is 10.9 Å². The van der Waals surface area contributed by atoms with Gasteiger partial charge in [-0.3, -0.25) is 0 Å². The second-order valence-electron chi connectivity index (χ2n) is 5.25. The first-order valence-electron chi connectivity index (χ1n) is 6.61. The van der Waals surface area contributed by atoms with E-state index in [0.717, 1.165) is 23.1 Å². The molecule has 0 amide bonds. The van der Waals surface area contributed by atoms with Gasteiger partial charge in [-0.2, -0.15) is 0 Å². The second kappa shape index (κ2) is 6.23. The summed E-state index contributed by atoms with van der Waals surface area (Å²) >= 11 is 6.20. The summed E-state index contributed by atoms with van der Waals surface area (Å²) in [6.07, 6.45) is 0.217. The van der Waals surface area contributed by atoms with Crippen molar-refractivity contribution in [2.75, 3.05) is 0 Å². The average molecular weight is 275 g/mol. The van der Waals surface area contributed by atoms with Gasteiger partial charge in [-0.15, -0.1) is 0 Å². The van der Waals surface area contributed by atoms with Crippen LogP contribution in [0.15, 0.2) is 48.5 Å². The zero-order valence-electron chi connectivity index (χ0n) is 11.3. The first-order valence-corrected chi connectivity index (χ1v) is 6.98. The van der Waals surface area contributed by atoms with Gasteiger partial charge in [0.2, 0.25) is 0 Å². The molecule has 0 fully saturated rings. The van der Waals surface area contributed by atoms with Gasteiger partial charge in [0.1, 0.15) is 0 Å². The van der Waals surface area contributed by atoms with Crippen LogP contribution in [0.25, 0.3) is 11.1 Å². The molecule has 0 radical (unpaired) electrons. The van der Waals surface area contributed by atoms with Gasteiger partial charge < -0.3 is 5.11 Å². The second-order valence-corrected chi connectivity index (χ2v) is 5.65. The molecule has 1 atom stereocenters. The number of hydrogen-bond acceptors (Lipinski definition) is 1. The zero-order chi connectivity index (χ0) is 13.8. The van der Waals surface area contributed by atoms with Crippen molar-refractivity contribution < 1.29 is 5.11 Å². The van der Waals surface area contributed by atoms with Crippen LogP contribution in [0, 0.1) is 5.92 Å². The first-order chi connectivity index (χ1) is 9.08. The van der Waals surface area contributed by atoms with E-state index in [1.54, 1.807) is 0 Å². The summed E-state index contributed by atoms with van der Waals surface area (Å²) in [7, 11) is 0. The largest absolute Gasteiger partial charge is 0.388 e. The van der Waals surface area contributed by atoms with Crippen LogP contribution < -0.4 is 0 Å². The van der Waals surface area contributed by atoms with Crippen molar-refractivity contribution in [2.45, 2.75) is 26.4 Å². The third kappa shape index (κ3) is 3.59. The summed E-state index contributed by atoms with van der Waals surface area (Å²) in [4.78, 5) is 0.